The van der Waals surface area contributed by atoms with E-state index in [1.807, 2.05) is 37.3 Å². The van der Waals surface area contributed by atoms with E-state index < -0.39 is 16.1 Å². The molecule has 3 aromatic rings. The number of furan rings is 1. The van der Waals surface area contributed by atoms with Crippen molar-refractivity contribution in [2.75, 3.05) is 11.0 Å². The van der Waals surface area contributed by atoms with Crippen molar-refractivity contribution < 1.29 is 17.6 Å². The second-order valence-corrected chi connectivity index (χ2v) is 8.92. The molecule has 0 radical (unpaired) electrons. The molecule has 1 aliphatic heterocycles. The van der Waals surface area contributed by atoms with Crippen LogP contribution in [0.2, 0.25) is 0 Å². The monoisotopic (exact) mass is 423 g/mol. The molecule has 0 aliphatic carbocycles. The molecule has 0 saturated carbocycles. The summed E-state index contributed by atoms with van der Waals surface area (Å²) < 4.78 is 31.6. The maximum atomic E-state index is 13.1. The number of aryl methyl sites for hydroxylation is 1. The lowest BCUT2D eigenvalue weighted by Crippen LogP contribution is -2.27. The van der Waals surface area contributed by atoms with Gasteiger partial charge in [0.2, 0.25) is 10.0 Å². The number of carbonyl (C=O) groups excluding carboxylic acids is 1. The summed E-state index contributed by atoms with van der Waals surface area (Å²) >= 11 is 0. The number of sulfonamides is 1. The lowest BCUT2D eigenvalue weighted by atomic mass is 9.95. The number of amides is 1. The number of anilines is 1. The van der Waals surface area contributed by atoms with E-state index in [2.05, 4.69) is 9.82 Å². The Balaban J connectivity index is 1.79. The summed E-state index contributed by atoms with van der Waals surface area (Å²) in [5.41, 5.74) is 3.83. The first-order chi connectivity index (χ1) is 14.3. The van der Waals surface area contributed by atoms with Gasteiger partial charge in [-0.15, -0.1) is 0 Å². The quantitative estimate of drug-likeness (QED) is 0.673. The summed E-state index contributed by atoms with van der Waals surface area (Å²) in [7, 11) is -3.49. The molecule has 1 N–H and O–H groups in total. The minimum absolute atomic E-state index is 0.170. The largest absolute Gasteiger partial charge is 0.459 e. The van der Waals surface area contributed by atoms with E-state index in [0.717, 1.165) is 23.1 Å². The van der Waals surface area contributed by atoms with Gasteiger partial charge < -0.3 is 4.42 Å². The van der Waals surface area contributed by atoms with Crippen molar-refractivity contribution in [1.29, 1.82) is 0 Å². The number of para-hydroxylation sites is 1. The van der Waals surface area contributed by atoms with Gasteiger partial charge in [0.15, 0.2) is 5.76 Å². The van der Waals surface area contributed by atoms with Crippen LogP contribution in [0.15, 0.2) is 76.4 Å². The van der Waals surface area contributed by atoms with Crippen molar-refractivity contribution in [2.45, 2.75) is 19.4 Å². The molecule has 0 spiro atoms. The van der Waals surface area contributed by atoms with Gasteiger partial charge in [-0.3, -0.25) is 9.52 Å². The van der Waals surface area contributed by atoms with Crippen LogP contribution in [-0.2, 0) is 10.0 Å². The molecule has 0 fully saturated rings. The Morgan fingerprint density at radius 2 is 1.83 bits per heavy atom. The molecule has 1 atom stereocenters. The van der Waals surface area contributed by atoms with Crippen molar-refractivity contribution in [1.82, 2.24) is 5.01 Å². The molecule has 154 valence electrons. The fourth-order valence-corrected chi connectivity index (χ4v) is 4.18. The smallest absolute Gasteiger partial charge is 0.310 e. The number of rotatable bonds is 5. The maximum absolute atomic E-state index is 13.1. The van der Waals surface area contributed by atoms with E-state index >= 15 is 0 Å². The topological polar surface area (TPSA) is 92.0 Å². The molecule has 0 bridgehead atoms. The summed E-state index contributed by atoms with van der Waals surface area (Å²) in [5, 5.41) is 6.01. The van der Waals surface area contributed by atoms with Gasteiger partial charge in [0, 0.05) is 17.5 Å². The Bertz CT molecular complexity index is 1220. The highest BCUT2D eigenvalue weighted by Gasteiger charge is 2.36. The molecular formula is C22H21N3O4S. The molecule has 7 nitrogen and oxygen atoms in total. The fourth-order valence-electron chi connectivity index (χ4n) is 3.59. The Morgan fingerprint density at radius 1 is 1.10 bits per heavy atom. The average molecular weight is 423 g/mol. The summed E-state index contributed by atoms with van der Waals surface area (Å²) in [6.45, 7) is 1.99. The van der Waals surface area contributed by atoms with E-state index in [0.29, 0.717) is 17.7 Å². The van der Waals surface area contributed by atoms with Gasteiger partial charge >= 0.3 is 5.91 Å². The molecule has 1 amide bonds. The standard InChI is InChI=1S/C22H21N3O4S/c1-15-8-3-4-9-16(15)19-14-20(25(23-19)22(26)21-12-7-13-29-21)17-10-5-6-11-18(17)24-30(2,27)28/h3-13,20,24H,14H2,1-2H3/t20-/m0/s1. The van der Waals surface area contributed by atoms with E-state index in [1.165, 1.54) is 11.3 Å². The van der Waals surface area contributed by atoms with Gasteiger partial charge in [0.05, 0.1) is 30.0 Å². The number of hydrazone groups is 1. The minimum Gasteiger partial charge on any atom is -0.459 e. The Labute approximate surface area is 175 Å². The molecule has 1 aromatic heterocycles. The van der Waals surface area contributed by atoms with Crippen LogP contribution in [0.5, 0.6) is 0 Å². The molecule has 0 saturated heterocycles. The normalized spacial score (nSPS) is 16.4. The predicted octanol–water partition coefficient (Wildman–Crippen LogP) is 3.95. The van der Waals surface area contributed by atoms with Crippen LogP contribution in [0.1, 0.15) is 39.7 Å². The van der Waals surface area contributed by atoms with E-state index in [1.54, 1.807) is 30.3 Å². The molecule has 2 aromatic carbocycles. The van der Waals surface area contributed by atoms with Crippen LogP contribution in [0.3, 0.4) is 0 Å². The van der Waals surface area contributed by atoms with Crippen LogP contribution in [-0.4, -0.2) is 31.3 Å². The Morgan fingerprint density at radius 3 is 2.53 bits per heavy atom. The first-order valence-electron chi connectivity index (χ1n) is 9.41. The van der Waals surface area contributed by atoms with Crippen molar-refractivity contribution in [3.05, 3.63) is 89.4 Å². The fraction of sp³-hybridized carbons (Fsp3) is 0.182. The van der Waals surface area contributed by atoms with Crippen molar-refractivity contribution in [3.8, 4) is 0 Å². The van der Waals surface area contributed by atoms with Gasteiger partial charge in [-0.05, 0) is 30.7 Å². The molecule has 1 aliphatic rings. The van der Waals surface area contributed by atoms with Crippen molar-refractivity contribution >= 4 is 27.3 Å². The lowest BCUT2D eigenvalue weighted by molar-refractivity contribution is 0.0679. The predicted molar refractivity (Wildman–Crippen MR) is 115 cm³/mol. The zero-order valence-electron chi connectivity index (χ0n) is 16.6. The third kappa shape index (κ3) is 3.99. The first kappa shape index (κ1) is 19.9. The van der Waals surface area contributed by atoms with Crippen molar-refractivity contribution in [3.63, 3.8) is 0 Å². The van der Waals surface area contributed by atoms with Gasteiger partial charge in [-0.25, -0.2) is 13.4 Å². The molecule has 8 heteroatoms. The highest BCUT2D eigenvalue weighted by atomic mass is 32.2. The minimum atomic E-state index is -3.49. The Hall–Kier alpha value is -3.39. The van der Waals surface area contributed by atoms with Gasteiger partial charge in [-0.1, -0.05) is 42.5 Å². The second kappa shape index (κ2) is 7.79. The average Bonchev–Trinajstić information content (AvgIpc) is 3.37. The number of nitrogens with zero attached hydrogens (tertiary/aromatic N) is 2. The lowest BCUT2D eigenvalue weighted by Gasteiger charge is -2.23. The zero-order chi connectivity index (χ0) is 21.3. The third-order valence-corrected chi connectivity index (χ3v) is 5.51. The second-order valence-electron chi connectivity index (χ2n) is 7.17. The number of hydrogen-bond acceptors (Lipinski definition) is 5. The number of carbonyl (C=O) groups is 1. The Kier molecular flexibility index (Phi) is 5.17. The molecule has 30 heavy (non-hydrogen) atoms. The maximum Gasteiger partial charge on any atom is 0.310 e. The van der Waals surface area contributed by atoms with E-state index in [-0.39, 0.29) is 11.7 Å². The molecule has 0 unspecified atom stereocenters. The third-order valence-electron chi connectivity index (χ3n) is 4.92. The summed E-state index contributed by atoms with van der Waals surface area (Å²) in [6.07, 6.45) is 2.97. The van der Waals surface area contributed by atoms with E-state index in [4.69, 9.17) is 4.42 Å². The number of hydrogen-bond donors (Lipinski definition) is 1. The van der Waals surface area contributed by atoms with Crippen LogP contribution < -0.4 is 4.72 Å². The summed E-state index contributed by atoms with van der Waals surface area (Å²) in [4.78, 5) is 13.1. The van der Waals surface area contributed by atoms with Gasteiger partial charge in [-0.2, -0.15) is 5.10 Å². The van der Waals surface area contributed by atoms with Gasteiger partial charge in [0.25, 0.3) is 0 Å². The van der Waals surface area contributed by atoms with Crippen LogP contribution >= 0.6 is 0 Å². The molecule has 2 heterocycles. The van der Waals surface area contributed by atoms with Crippen LogP contribution in [0.25, 0.3) is 0 Å². The SMILES string of the molecule is Cc1ccccc1C1=NN(C(=O)c2ccco2)[C@H](c2ccccc2NS(C)(=O)=O)C1. The van der Waals surface area contributed by atoms with Crippen molar-refractivity contribution in [2.24, 2.45) is 5.10 Å². The summed E-state index contributed by atoms with van der Waals surface area (Å²) in [6, 6.07) is 17.6. The van der Waals surface area contributed by atoms with Crippen LogP contribution in [0.4, 0.5) is 5.69 Å². The number of nitrogens with one attached hydrogen (secondary N) is 1. The highest BCUT2D eigenvalue weighted by Crippen LogP contribution is 2.38. The summed E-state index contributed by atoms with van der Waals surface area (Å²) in [5.74, 6) is -0.217. The highest BCUT2D eigenvalue weighted by molar-refractivity contribution is 7.92. The zero-order valence-corrected chi connectivity index (χ0v) is 17.4. The molecular weight excluding hydrogens is 402 g/mol. The van der Waals surface area contributed by atoms with Crippen LogP contribution in [0, 0.1) is 6.92 Å². The van der Waals surface area contributed by atoms with E-state index in [9.17, 15) is 13.2 Å². The first-order valence-corrected chi connectivity index (χ1v) is 11.3. The number of benzene rings is 2. The molecule has 4 rings (SSSR count). The van der Waals surface area contributed by atoms with Gasteiger partial charge in [0.1, 0.15) is 0 Å².